The number of carboxylic acids is 1. The van der Waals surface area contributed by atoms with Crippen molar-refractivity contribution < 1.29 is 34.0 Å². The molecule has 0 saturated heterocycles. The van der Waals surface area contributed by atoms with Crippen LogP contribution in [0, 0.1) is 0 Å². The molecular formula is C27H29NO7. The van der Waals surface area contributed by atoms with E-state index in [2.05, 4.69) is 5.32 Å². The van der Waals surface area contributed by atoms with Crippen molar-refractivity contribution in [3.05, 3.63) is 78.4 Å². The van der Waals surface area contributed by atoms with Crippen molar-refractivity contribution in [2.24, 2.45) is 0 Å². The van der Waals surface area contributed by atoms with Crippen LogP contribution in [0.3, 0.4) is 0 Å². The molecule has 0 fully saturated rings. The molecule has 3 N–H and O–H groups in total. The molecule has 0 unspecified atom stereocenters. The standard InChI is InChI=1S/C27H29NO7/c1-3-34-24(13-6-7-14-25(30)31)26(19-15-16-23(33-2)22(29)17-19)35-27(32)28-21-12-8-10-18-9-4-5-11-20(18)21/h4-5,7-12,14-17,24,26,29H,3,6,13H2,1-2H3,(H,28,32)(H,30,31)/b14-7+/t24-,26-/m1/s1. The molecule has 3 aromatic rings. The lowest BCUT2D eigenvalue weighted by Crippen LogP contribution is -2.29. The summed E-state index contributed by atoms with van der Waals surface area (Å²) in [5.41, 5.74) is 1.11. The van der Waals surface area contributed by atoms with E-state index in [1.807, 2.05) is 43.3 Å². The van der Waals surface area contributed by atoms with Gasteiger partial charge in [-0.25, -0.2) is 9.59 Å². The van der Waals surface area contributed by atoms with Gasteiger partial charge in [-0.1, -0.05) is 48.5 Å². The third-order valence-corrected chi connectivity index (χ3v) is 5.39. The molecule has 0 bridgehead atoms. The maximum absolute atomic E-state index is 13.0. The highest BCUT2D eigenvalue weighted by Crippen LogP contribution is 2.34. The van der Waals surface area contributed by atoms with Gasteiger partial charge in [-0.15, -0.1) is 0 Å². The fourth-order valence-electron chi connectivity index (χ4n) is 3.81. The number of aliphatic carboxylic acids is 1. The third-order valence-electron chi connectivity index (χ3n) is 5.39. The van der Waals surface area contributed by atoms with E-state index in [1.54, 1.807) is 18.2 Å². The minimum atomic E-state index is -1.04. The lowest BCUT2D eigenvalue weighted by Gasteiger charge is -2.27. The van der Waals surface area contributed by atoms with Gasteiger partial charge in [0, 0.05) is 18.1 Å². The highest BCUT2D eigenvalue weighted by molar-refractivity contribution is 6.00. The molecule has 8 nitrogen and oxygen atoms in total. The zero-order valence-corrected chi connectivity index (χ0v) is 19.6. The molecule has 35 heavy (non-hydrogen) atoms. The average molecular weight is 480 g/mol. The fraction of sp³-hybridized carbons (Fsp3) is 0.259. The van der Waals surface area contributed by atoms with Crippen LogP contribution in [0.2, 0.25) is 0 Å². The Labute approximate surface area is 203 Å². The van der Waals surface area contributed by atoms with Crippen molar-refractivity contribution in [2.45, 2.75) is 32.0 Å². The second-order valence-corrected chi connectivity index (χ2v) is 7.72. The van der Waals surface area contributed by atoms with Crippen LogP contribution in [0.5, 0.6) is 11.5 Å². The molecule has 0 aliphatic rings. The quantitative estimate of drug-likeness (QED) is 0.304. The number of hydrogen-bond acceptors (Lipinski definition) is 6. The van der Waals surface area contributed by atoms with Crippen molar-refractivity contribution in [3.8, 4) is 11.5 Å². The number of rotatable bonds is 11. The lowest BCUT2D eigenvalue weighted by atomic mass is 9.99. The van der Waals surface area contributed by atoms with Crippen LogP contribution >= 0.6 is 0 Å². The van der Waals surface area contributed by atoms with Gasteiger partial charge in [0.2, 0.25) is 0 Å². The molecule has 184 valence electrons. The Morgan fingerprint density at radius 1 is 1.09 bits per heavy atom. The predicted molar refractivity (Wildman–Crippen MR) is 133 cm³/mol. The maximum atomic E-state index is 13.0. The summed E-state index contributed by atoms with van der Waals surface area (Å²) in [6.07, 6.45) is 1.20. The maximum Gasteiger partial charge on any atom is 0.412 e. The van der Waals surface area contributed by atoms with Crippen LogP contribution in [0.25, 0.3) is 10.8 Å². The van der Waals surface area contributed by atoms with Gasteiger partial charge in [0.05, 0.1) is 18.9 Å². The molecule has 1 amide bonds. The van der Waals surface area contributed by atoms with Gasteiger partial charge >= 0.3 is 12.1 Å². The molecule has 0 saturated carbocycles. The van der Waals surface area contributed by atoms with Gasteiger partial charge in [0.15, 0.2) is 17.6 Å². The van der Waals surface area contributed by atoms with Gasteiger partial charge in [0.1, 0.15) is 0 Å². The van der Waals surface area contributed by atoms with Crippen LogP contribution in [-0.2, 0) is 14.3 Å². The largest absolute Gasteiger partial charge is 0.504 e. The van der Waals surface area contributed by atoms with Gasteiger partial charge in [-0.05, 0) is 48.9 Å². The average Bonchev–Trinajstić information content (AvgIpc) is 2.84. The number of phenols is 1. The highest BCUT2D eigenvalue weighted by atomic mass is 16.6. The smallest absolute Gasteiger partial charge is 0.412 e. The molecule has 0 aromatic heterocycles. The summed E-state index contributed by atoms with van der Waals surface area (Å²) in [7, 11) is 1.44. The molecule has 0 heterocycles. The molecule has 0 radical (unpaired) electrons. The van der Waals surface area contributed by atoms with E-state index in [9.17, 15) is 14.7 Å². The number of fused-ring (bicyclic) bond motifs is 1. The number of nitrogens with one attached hydrogen (secondary N) is 1. The van der Waals surface area contributed by atoms with E-state index in [-0.39, 0.29) is 11.5 Å². The van der Waals surface area contributed by atoms with Crippen molar-refractivity contribution in [2.75, 3.05) is 19.0 Å². The van der Waals surface area contributed by atoms with Gasteiger partial charge in [-0.2, -0.15) is 0 Å². The van der Waals surface area contributed by atoms with Crippen molar-refractivity contribution >= 4 is 28.5 Å². The van der Waals surface area contributed by atoms with Gasteiger partial charge in [0.25, 0.3) is 0 Å². The number of anilines is 1. The van der Waals surface area contributed by atoms with E-state index in [0.717, 1.165) is 16.8 Å². The second kappa shape index (κ2) is 12.4. The molecule has 3 aromatic carbocycles. The van der Waals surface area contributed by atoms with Crippen LogP contribution in [0.4, 0.5) is 10.5 Å². The normalized spacial score (nSPS) is 12.9. The Kier molecular flexibility index (Phi) is 9.09. The lowest BCUT2D eigenvalue weighted by molar-refractivity contribution is -0.131. The Hall–Kier alpha value is -4.04. The summed E-state index contributed by atoms with van der Waals surface area (Å²) in [5, 5.41) is 23.8. The zero-order chi connectivity index (χ0) is 25.2. The van der Waals surface area contributed by atoms with E-state index in [0.29, 0.717) is 30.7 Å². The predicted octanol–water partition coefficient (Wildman–Crippen LogP) is 5.67. The summed E-state index contributed by atoms with van der Waals surface area (Å²) >= 11 is 0. The summed E-state index contributed by atoms with van der Waals surface area (Å²) in [6.45, 7) is 2.17. The fourth-order valence-corrected chi connectivity index (χ4v) is 3.81. The first-order valence-electron chi connectivity index (χ1n) is 11.3. The number of carbonyl (C=O) groups is 2. The molecular weight excluding hydrogens is 450 g/mol. The van der Waals surface area contributed by atoms with Crippen molar-refractivity contribution in [1.82, 2.24) is 0 Å². The van der Waals surface area contributed by atoms with E-state index in [4.69, 9.17) is 19.3 Å². The van der Waals surface area contributed by atoms with Crippen LogP contribution in [0.1, 0.15) is 31.4 Å². The number of hydrogen-bond donors (Lipinski definition) is 3. The number of allylic oxidation sites excluding steroid dienone is 1. The van der Waals surface area contributed by atoms with E-state index < -0.39 is 24.3 Å². The number of aromatic hydroxyl groups is 1. The number of methoxy groups -OCH3 is 1. The Morgan fingerprint density at radius 2 is 1.86 bits per heavy atom. The summed E-state index contributed by atoms with van der Waals surface area (Å²) < 4.78 is 16.9. The molecule has 0 spiro atoms. The first kappa shape index (κ1) is 25.6. The van der Waals surface area contributed by atoms with E-state index >= 15 is 0 Å². The Bertz CT molecular complexity index is 1190. The second-order valence-electron chi connectivity index (χ2n) is 7.72. The van der Waals surface area contributed by atoms with Gasteiger partial charge in [-0.3, -0.25) is 5.32 Å². The molecule has 3 rings (SSSR count). The summed E-state index contributed by atoms with van der Waals surface area (Å²) in [4.78, 5) is 23.8. The minimum absolute atomic E-state index is 0.103. The SMILES string of the molecule is CCO[C@H](CC/C=C/C(=O)O)[C@H](OC(=O)Nc1cccc2ccccc12)c1ccc(OC)c(O)c1. The minimum Gasteiger partial charge on any atom is -0.504 e. The summed E-state index contributed by atoms with van der Waals surface area (Å²) in [5.74, 6) is -0.862. The molecule has 8 heteroatoms. The third kappa shape index (κ3) is 6.97. The Morgan fingerprint density at radius 3 is 2.57 bits per heavy atom. The number of amides is 1. The van der Waals surface area contributed by atoms with Crippen molar-refractivity contribution in [1.29, 1.82) is 0 Å². The number of carboxylic acid groups (broad SMARTS) is 1. The highest BCUT2D eigenvalue weighted by Gasteiger charge is 2.28. The van der Waals surface area contributed by atoms with Crippen LogP contribution in [0.15, 0.2) is 72.8 Å². The van der Waals surface area contributed by atoms with E-state index in [1.165, 1.54) is 19.3 Å². The molecule has 0 aliphatic heterocycles. The number of carbonyl (C=O) groups excluding carboxylic acids is 1. The number of ether oxygens (including phenoxy) is 3. The summed E-state index contributed by atoms with van der Waals surface area (Å²) in [6, 6.07) is 18.0. The number of benzene rings is 3. The number of phenolic OH excluding ortho intramolecular Hbond substituents is 1. The van der Waals surface area contributed by atoms with Gasteiger partial charge < -0.3 is 24.4 Å². The monoisotopic (exact) mass is 479 g/mol. The topological polar surface area (TPSA) is 114 Å². The zero-order valence-electron chi connectivity index (χ0n) is 19.6. The molecule has 2 atom stereocenters. The Balaban J connectivity index is 1.87. The molecule has 0 aliphatic carbocycles. The first-order valence-corrected chi connectivity index (χ1v) is 11.3. The van der Waals surface area contributed by atoms with Crippen LogP contribution in [-0.4, -0.2) is 42.1 Å². The van der Waals surface area contributed by atoms with Crippen molar-refractivity contribution in [3.63, 3.8) is 0 Å². The first-order chi connectivity index (χ1) is 16.9. The van der Waals surface area contributed by atoms with Crippen LogP contribution < -0.4 is 10.1 Å².